The van der Waals surface area contributed by atoms with Crippen molar-refractivity contribution in [3.8, 4) is 0 Å². The van der Waals surface area contributed by atoms with E-state index in [0.717, 1.165) is 0 Å². The monoisotopic (exact) mass is 295 g/mol. The molecule has 2 atom stereocenters. The number of rotatable bonds is 2. The third-order valence-corrected chi connectivity index (χ3v) is 5.30. The smallest absolute Gasteiger partial charge is 0.185 e. The van der Waals surface area contributed by atoms with Crippen molar-refractivity contribution >= 4 is 33.0 Å². The highest BCUT2D eigenvalue weighted by molar-refractivity contribution is 7.92. The Balaban J connectivity index is 2.44. The molecule has 94 valence electrons. The van der Waals surface area contributed by atoms with E-state index in [1.807, 2.05) is 0 Å². The normalized spacial score (nSPS) is 25.1. The van der Waals surface area contributed by atoms with Crippen molar-refractivity contribution in [3.05, 3.63) is 28.2 Å². The summed E-state index contributed by atoms with van der Waals surface area (Å²) in [5, 5.41) is 12.1. The number of nitrogens with one attached hydrogen (secondary N) is 1. The van der Waals surface area contributed by atoms with Gasteiger partial charge in [0, 0.05) is 23.1 Å². The summed E-state index contributed by atoms with van der Waals surface area (Å²) in [6.07, 6.45) is -0.905. The van der Waals surface area contributed by atoms with E-state index in [1.165, 1.54) is 18.2 Å². The van der Waals surface area contributed by atoms with Crippen molar-refractivity contribution in [2.75, 3.05) is 13.1 Å². The van der Waals surface area contributed by atoms with Gasteiger partial charge in [0.25, 0.3) is 0 Å². The van der Waals surface area contributed by atoms with Crippen LogP contribution in [0.15, 0.2) is 23.1 Å². The average molecular weight is 296 g/mol. The minimum absolute atomic E-state index is 0.0442. The van der Waals surface area contributed by atoms with Crippen LogP contribution >= 0.6 is 23.2 Å². The Kier molecular flexibility index (Phi) is 3.66. The van der Waals surface area contributed by atoms with Gasteiger partial charge < -0.3 is 10.4 Å². The molecule has 1 aliphatic heterocycles. The van der Waals surface area contributed by atoms with Crippen LogP contribution < -0.4 is 5.32 Å². The summed E-state index contributed by atoms with van der Waals surface area (Å²) in [5.41, 5.74) is 0. The van der Waals surface area contributed by atoms with Gasteiger partial charge in [0.05, 0.1) is 11.0 Å². The lowest BCUT2D eigenvalue weighted by atomic mass is 10.3. The van der Waals surface area contributed by atoms with Crippen LogP contribution in [0.5, 0.6) is 0 Å². The van der Waals surface area contributed by atoms with Gasteiger partial charge >= 0.3 is 0 Å². The van der Waals surface area contributed by atoms with Gasteiger partial charge in [-0.2, -0.15) is 0 Å². The number of aliphatic hydroxyl groups excluding tert-OH is 1. The lowest BCUT2D eigenvalue weighted by Crippen LogP contribution is -2.32. The van der Waals surface area contributed by atoms with Crippen LogP contribution in [-0.2, 0) is 9.84 Å². The number of aliphatic hydroxyl groups is 1. The molecule has 1 aromatic rings. The molecule has 1 aliphatic rings. The Labute approximate surface area is 109 Å². The van der Waals surface area contributed by atoms with E-state index >= 15 is 0 Å². The molecule has 2 unspecified atom stereocenters. The minimum atomic E-state index is -3.61. The summed E-state index contributed by atoms with van der Waals surface area (Å²) < 4.78 is 24.5. The minimum Gasteiger partial charge on any atom is -0.390 e. The van der Waals surface area contributed by atoms with E-state index in [2.05, 4.69) is 5.32 Å². The van der Waals surface area contributed by atoms with Crippen LogP contribution in [0.3, 0.4) is 0 Å². The Morgan fingerprint density at radius 2 is 1.76 bits per heavy atom. The van der Waals surface area contributed by atoms with Crippen molar-refractivity contribution in [2.24, 2.45) is 0 Å². The molecule has 7 heteroatoms. The highest BCUT2D eigenvalue weighted by Crippen LogP contribution is 2.26. The fourth-order valence-corrected chi connectivity index (χ4v) is 4.26. The summed E-state index contributed by atoms with van der Waals surface area (Å²) >= 11 is 11.5. The van der Waals surface area contributed by atoms with Gasteiger partial charge in [-0.3, -0.25) is 0 Å². The van der Waals surface area contributed by atoms with Crippen LogP contribution in [0.25, 0.3) is 0 Å². The zero-order valence-electron chi connectivity index (χ0n) is 8.73. The van der Waals surface area contributed by atoms with Crippen molar-refractivity contribution in [3.63, 3.8) is 0 Å². The van der Waals surface area contributed by atoms with E-state index < -0.39 is 21.2 Å². The largest absolute Gasteiger partial charge is 0.390 e. The van der Waals surface area contributed by atoms with E-state index in [0.29, 0.717) is 0 Å². The third-order valence-electron chi connectivity index (χ3n) is 2.69. The number of hydrogen-bond donors (Lipinski definition) is 2. The predicted octanol–water partition coefficient (Wildman–Crippen LogP) is 1.10. The summed E-state index contributed by atoms with van der Waals surface area (Å²) in [7, 11) is -3.61. The Morgan fingerprint density at radius 3 is 2.24 bits per heavy atom. The first-order valence-electron chi connectivity index (χ1n) is 5.00. The summed E-state index contributed by atoms with van der Waals surface area (Å²) in [5.74, 6) is 0. The van der Waals surface area contributed by atoms with Crippen molar-refractivity contribution < 1.29 is 13.5 Å². The second-order valence-electron chi connectivity index (χ2n) is 3.91. The molecule has 0 radical (unpaired) electrons. The van der Waals surface area contributed by atoms with Gasteiger partial charge in [-0.05, 0) is 18.2 Å². The number of hydrogen-bond acceptors (Lipinski definition) is 4. The SMILES string of the molecule is O=S(=O)(c1cc(Cl)cc(Cl)c1)C1CNCC1O. The number of halogens is 2. The Bertz CT molecular complexity index is 512. The molecular formula is C10H11Cl2NO3S. The van der Waals surface area contributed by atoms with Gasteiger partial charge in [-0.15, -0.1) is 0 Å². The van der Waals surface area contributed by atoms with Crippen LogP contribution in [0.2, 0.25) is 10.0 Å². The van der Waals surface area contributed by atoms with E-state index in [1.54, 1.807) is 0 Å². The first-order valence-corrected chi connectivity index (χ1v) is 7.30. The van der Waals surface area contributed by atoms with Crippen LogP contribution in [-0.4, -0.2) is 38.0 Å². The Hall–Kier alpha value is -0.330. The first-order chi connectivity index (χ1) is 7.91. The van der Waals surface area contributed by atoms with Crippen LogP contribution in [0.1, 0.15) is 0 Å². The van der Waals surface area contributed by atoms with Gasteiger partial charge in [-0.25, -0.2) is 8.42 Å². The van der Waals surface area contributed by atoms with E-state index in [9.17, 15) is 13.5 Å². The second-order valence-corrected chi connectivity index (χ2v) is 6.95. The lowest BCUT2D eigenvalue weighted by molar-refractivity contribution is 0.198. The fraction of sp³-hybridized carbons (Fsp3) is 0.400. The molecule has 1 fully saturated rings. The standard InChI is InChI=1S/C10H11Cl2NO3S/c11-6-1-7(12)3-8(2-6)17(15,16)10-5-13-4-9(10)14/h1-3,9-10,13-14H,4-5H2. The van der Waals surface area contributed by atoms with E-state index in [-0.39, 0.29) is 28.0 Å². The lowest BCUT2D eigenvalue weighted by Gasteiger charge is -2.14. The average Bonchev–Trinajstić information content (AvgIpc) is 2.63. The Morgan fingerprint density at radius 1 is 1.18 bits per heavy atom. The molecule has 0 aliphatic carbocycles. The molecule has 2 rings (SSSR count). The summed E-state index contributed by atoms with van der Waals surface area (Å²) in [6, 6.07) is 4.15. The van der Waals surface area contributed by atoms with Crippen molar-refractivity contribution in [1.29, 1.82) is 0 Å². The van der Waals surface area contributed by atoms with Gasteiger partial charge in [0.2, 0.25) is 0 Å². The number of sulfone groups is 1. The van der Waals surface area contributed by atoms with Crippen LogP contribution in [0, 0.1) is 0 Å². The zero-order chi connectivity index (χ0) is 12.6. The molecule has 0 spiro atoms. The first kappa shape index (κ1) is 13.1. The maximum atomic E-state index is 12.2. The molecule has 0 amide bonds. The van der Waals surface area contributed by atoms with Crippen LogP contribution in [0.4, 0.5) is 0 Å². The quantitative estimate of drug-likeness (QED) is 0.857. The molecule has 2 N–H and O–H groups in total. The maximum Gasteiger partial charge on any atom is 0.185 e. The molecule has 17 heavy (non-hydrogen) atoms. The van der Waals surface area contributed by atoms with Crippen molar-refractivity contribution in [1.82, 2.24) is 5.32 Å². The zero-order valence-corrected chi connectivity index (χ0v) is 11.1. The topological polar surface area (TPSA) is 66.4 Å². The van der Waals surface area contributed by atoms with Gasteiger partial charge in [0.15, 0.2) is 9.84 Å². The number of β-amino-alcohol motifs (C(OH)–C–C–N with tert-alkyl or cyclic N) is 1. The van der Waals surface area contributed by atoms with Crippen molar-refractivity contribution in [2.45, 2.75) is 16.2 Å². The second kappa shape index (κ2) is 4.74. The molecule has 0 bridgehead atoms. The van der Waals surface area contributed by atoms with E-state index in [4.69, 9.17) is 23.2 Å². The highest BCUT2D eigenvalue weighted by Gasteiger charge is 2.37. The maximum absolute atomic E-state index is 12.2. The highest BCUT2D eigenvalue weighted by atomic mass is 35.5. The molecule has 1 heterocycles. The summed E-state index contributed by atoms with van der Waals surface area (Å²) in [6.45, 7) is 0.506. The predicted molar refractivity (Wildman–Crippen MR) is 66.3 cm³/mol. The fourth-order valence-electron chi connectivity index (χ4n) is 1.83. The molecule has 0 saturated carbocycles. The molecule has 1 saturated heterocycles. The summed E-state index contributed by atoms with van der Waals surface area (Å²) in [4.78, 5) is 0.0442. The molecular weight excluding hydrogens is 285 g/mol. The van der Waals surface area contributed by atoms with Gasteiger partial charge in [0.1, 0.15) is 5.25 Å². The number of benzene rings is 1. The third kappa shape index (κ3) is 2.58. The molecule has 0 aromatic heterocycles. The molecule has 1 aromatic carbocycles. The van der Waals surface area contributed by atoms with Gasteiger partial charge in [-0.1, -0.05) is 23.2 Å². The molecule has 4 nitrogen and oxygen atoms in total.